The van der Waals surface area contributed by atoms with E-state index in [9.17, 15) is 4.79 Å². The van der Waals surface area contributed by atoms with Crippen LogP contribution in [0.25, 0.3) is 5.82 Å². The molecule has 0 saturated carbocycles. The summed E-state index contributed by atoms with van der Waals surface area (Å²) < 4.78 is 3.55. The third kappa shape index (κ3) is 2.72. The van der Waals surface area contributed by atoms with Gasteiger partial charge in [-0.1, -0.05) is 0 Å². The van der Waals surface area contributed by atoms with E-state index < -0.39 is 0 Å². The molecule has 2 saturated heterocycles. The molecular formula is C19H21N7O. The molecular weight excluding hydrogens is 342 g/mol. The summed E-state index contributed by atoms with van der Waals surface area (Å²) in [6, 6.07) is 6.34. The van der Waals surface area contributed by atoms with Crippen molar-refractivity contribution >= 4 is 5.91 Å². The van der Waals surface area contributed by atoms with Crippen LogP contribution in [0.5, 0.6) is 0 Å². The van der Waals surface area contributed by atoms with E-state index in [0.29, 0.717) is 29.4 Å². The SMILES string of the molecule is Cn1nccc1C1CC2CCC(C1)N2C(=O)c1ccc(-n2cncn2)nc1. The van der Waals surface area contributed by atoms with Crippen LogP contribution < -0.4 is 0 Å². The van der Waals surface area contributed by atoms with Gasteiger partial charge in [0.2, 0.25) is 0 Å². The molecule has 2 aliphatic heterocycles. The molecule has 5 heterocycles. The largest absolute Gasteiger partial charge is 0.333 e. The number of amides is 1. The predicted molar refractivity (Wildman–Crippen MR) is 97.3 cm³/mol. The second-order valence-electron chi connectivity index (χ2n) is 7.39. The lowest BCUT2D eigenvalue weighted by molar-refractivity contribution is 0.0567. The molecule has 3 aromatic rings. The van der Waals surface area contributed by atoms with E-state index in [-0.39, 0.29) is 5.91 Å². The van der Waals surface area contributed by atoms with Crippen LogP contribution in [-0.4, -0.2) is 52.4 Å². The lowest BCUT2D eigenvalue weighted by Gasteiger charge is -2.39. The Bertz CT molecular complexity index is 933. The molecule has 0 N–H and O–H groups in total. The van der Waals surface area contributed by atoms with Gasteiger partial charge in [0.1, 0.15) is 12.7 Å². The van der Waals surface area contributed by atoms with E-state index in [1.54, 1.807) is 17.2 Å². The Hall–Kier alpha value is -3.03. The van der Waals surface area contributed by atoms with Crippen molar-refractivity contribution in [2.45, 2.75) is 43.7 Å². The van der Waals surface area contributed by atoms with Crippen LogP contribution in [0.2, 0.25) is 0 Å². The molecule has 2 bridgehead atoms. The van der Waals surface area contributed by atoms with Gasteiger partial charge in [-0.25, -0.2) is 14.6 Å². The summed E-state index contributed by atoms with van der Waals surface area (Å²) in [5, 5.41) is 8.38. The molecule has 5 rings (SSSR count). The molecule has 0 spiro atoms. The van der Waals surface area contributed by atoms with E-state index in [2.05, 4.69) is 31.1 Å². The topological polar surface area (TPSA) is 81.7 Å². The lowest BCUT2D eigenvalue weighted by atomic mass is 9.87. The Morgan fingerprint density at radius 1 is 1.11 bits per heavy atom. The quantitative estimate of drug-likeness (QED) is 0.710. The van der Waals surface area contributed by atoms with Crippen molar-refractivity contribution in [3.8, 4) is 5.82 Å². The van der Waals surface area contributed by atoms with E-state index in [1.807, 2.05) is 30.1 Å². The number of carbonyl (C=O) groups is 1. The molecule has 8 heteroatoms. The Balaban J connectivity index is 1.35. The molecule has 2 unspecified atom stereocenters. The standard InChI is InChI=1S/C19H21N7O/c1-24-17(6-7-22-24)14-8-15-3-4-16(9-14)26(15)19(27)13-2-5-18(21-10-13)25-12-20-11-23-25/h2,5-7,10-12,14-16H,3-4,8-9H2,1H3. The van der Waals surface area contributed by atoms with Gasteiger partial charge in [0.05, 0.1) is 5.56 Å². The highest BCUT2D eigenvalue weighted by molar-refractivity contribution is 5.94. The second-order valence-corrected chi connectivity index (χ2v) is 7.39. The first-order valence-corrected chi connectivity index (χ1v) is 9.32. The second kappa shape index (κ2) is 6.29. The van der Waals surface area contributed by atoms with Crippen molar-refractivity contribution in [2.24, 2.45) is 7.05 Å². The smallest absolute Gasteiger partial charge is 0.255 e. The van der Waals surface area contributed by atoms with E-state index in [1.165, 1.54) is 12.0 Å². The number of fused-ring (bicyclic) bond motifs is 2. The summed E-state index contributed by atoms with van der Waals surface area (Å²) in [7, 11) is 2.00. The fourth-order valence-corrected chi connectivity index (χ4v) is 4.66. The van der Waals surface area contributed by atoms with E-state index in [4.69, 9.17) is 0 Å². The summed E-state index contributed by atoms with van der Waals surface area (Å²) in [4.78, 5) is 23.5. The fourth-order valence-electron chi connectivity index (χ4n) is 4.66. The third-order valence-electron chi connectivity index (χ3n) is 5.89. The maximum atomic E-state index is 13.2. The van der Waals surface area contributed by atoms with Gasteiger partial charge in [-0.2, -0.15) is 10.2 Å². The van der Waals surface area contributed by atoms with Gasteiger partial charge in [0, 0.05) is 43.1 Å². The minimum atomic E-state index is 0.0867. The van der Waals surface area contributed by atoms with Crippen LogP contribution in [0.1, 0.15) is 47.7 Å². The summed E-state index contributed by atoms with van der Waals surface area (Å²) in [6.07, 6.45) is 10.7. The average molecular weight is 363 g/mol. The average Bonchev–Trinajstić information content (AvgIpc) is 3.42. The normalized spacial score (nSPS) is 24.3. The molecule has 1 amide bonds. The van der Waals surface area contributed by atoms with Gasteiger partial charge >= 0.3 is 0 Å². The van der Waals surface area contributed by atoms with Crippen molar-refractivity contribution in [2.75, 3.05) is 0 Å². The van der Waals surface area contributed by atoms with Gasteiger partial charge in [0.25, 0.3) is 5.91 Å². The van der Waals surface area contributed by atoms with Crippen molar-refractivity contribution in [1.82, 2.24) is 34.4 Å². The van der Waals surface area contributed by atoms with Gasteiger partial charge in [0.15, 0.2) is 5.82 Å². The number of rotatable bonds is 3. The third-order valence-corrected chi connectivity index (χ3v) is 5.89. The molecule has 8 nitrogen and oxygen atoms in total. The van der Waals surface area contributed by atoms with Crippen molar-refractivity contribution in [3.63, 3.8) is 0 Å². The van der Waals surface area contributed by atoms with Gasteiger partial charge in [-0.3, -0.25) is 9.48 Å². The lowest BCUT2D eigenvalue weighted by Crippen LogP contribution is -2.46. The zero-order valence-corrected chi connectivity index (χ0v) is 15.1. The van der Waals surface area contributed by atoms with Crippen molar-refractivity contribution in [3.05, 3.63) is 54.5 Å². The Kier molecular flexibility index (Phi) is 3.77. The molecule has 27 heavy (non-hydrogen) atoms. The molecule has 138 valence electrons. The highest BCUT2D eigenvalue weighted by Gasteiger charge is 2.44. The molecule has 2 aliphatic rings. The van der Waals surface area contributed by atoms with E-state index in [0.717, 1.165) is 25.7 Å². The van der Waals surface area contributed by atoms with Crippen molar-refractivity contribution in [1.29, 1.82) is 0 Å². The summed E-state index contributed by atoms with van der Waals surface area (Å²) in [5.74, 6) is 1.22. The number of pyridine rings is 1. The highest BCUT2D eigenvalue weighted by Crippen LogP contribution is 2.43. The Morgan fingerprint density at radius 3 is 2.52 bits per heavy atom. The molecule has 0 aliphatic carbocycles. The van der Waals surface area contributed by atoms with E-state index >= 15 is 0 Å². The summed E-state index contributed by atoms with van der Waals surface area (Å²) in [5.41, 5.74) is 1.91. The maximum absolute atomic E-state index is 13.2. The van der Waals surface area contributed by atoms with Crippen LogP contribution in [0, 0.1) is 0 Å². The monoisotopic (exact) mass is 363 g/mol. The van der Waals surface area contributed by atoms with Crippen LogP contribution in [0.15, 0.2) is 43.2 Å². The Morgan fingerprint density at radius 2 is 1.93 bits per heavy atom. The molecule has 0 radical (unpaired) electrons. The number of aromatic nitrogens is 6. The van der Waals surface area contributed by atoms with Gasteiger partial charge in [-0.15, -0.1) is 0 Å². The van der Waals surface area contributed by atoms with Crippen LogP contribution >= 0.6 is 0 Å². The first-order valence-electron chi connectivity index (χ1n) is 9.32. The van der Waals surface area contributed by atoms with Crippen molar-refractivity contribution < 1.29 is 4.79 Å². The van der Waals surface area contributed by atoms with Gasteiger partial charge in [-0.05, 0) is 43.9 Å². The number of piperidine rings is 1. The number of aryl methyl sites for hydroxylation is 1. The highest BCUT2D eigenvalue weighted by atomic mass is 16.2. The number of nitrogens with zero attached hydrogens (tertiary/aromatic N) is 7. The fraction of sp³-hybridized carbons (Fsp3) is 0.421. The molecule has 2 atom stereocenters. The minimum absolute atomic E-state index is 0.0867. The van der Waals surface area contributed by atoms with Crippen LogP contribution in [0.4, 0.5) is 0 Å². The van der Waals surface area contributed by atoms with Gasteiger partial charge < -0.3 is 4.90 Å². The number of carbonyl (C=O) groups excluding carboxylic acids is 1. The van der Waals surface area contributed by atoms with Crippen LogP contribution in [0.3, 0.4) is 0 Å². The molecule has 3 aromatic heterocycles. The number of hydrogen-bond donors (Lipinski definition) is 0. The maximum Gasteiger partial charge on any atom is 0.255 e. The first-order chi connectivity index (χ1) is 13.2. The summed E-state index contributed by atoms with van der Waals surface area (Å²) in [6.45, 7) is 0. The zero-order valence-electron chi connectivity index (χ0n) is 15.1. The molecule has 2 fully saturated rings. The zero-order chi connectivity index (χ0) is 18.4. The summed E-state index contributed by atoms with van der Waals surface area (Å²) >= 11 is 0. The minimum Gasteiger partial charge on any atom is -0.333 e. The first kappa shape index (κ1) is 16.2. The van der Waals surface area contributed by atoms with Crippen LogP contribution in [-0.2, 0) is 7.05 Å². The molecule has 0 aromatic carbocycles. The number of hydrogen-bond acceptors (Lipinski definition) is 5. The predicted octanol–water partition coefficient (Wildman–Crippen LogP) is 1.95. The Labute approximate surface area is 156 Å².